The molecule has 1 heterocycles. The van der Waals surface area contributed by atoms with Gasteiger partial charge in [0, 0.05) is 12.2 Å². The van der Waals surface area contributed by atoms with Crippen LogP contribution in [-0.2, 0) is 0 Å². The Morgan fingerprint density at radius 1 is 0.800 bits per heavy atom. The SMILES string of the molecule is CCN(C(=O)c1cccc2nc3ccccc3nc12)c1ccccc1. The van der Waals surface area contributed by atoms with Crippen LogP contribution in [0.5, 0.6) is 0 Å². The monoisotopic (exact) mass is 327 g/mol. The second kappa shape index (κ2) is 6.32. The average molecular weight is 327 g/mol. The fourth-order valence-corrected chi connectivity index (χ4v) is 3.01. The molecule has 0 aliphatic carbocycles. The first-order valence-electron chi connectivity index (χ1n) is 8.30. The van der Waals surface area contributed by atoms with Gasteiger partial charge >= 0.3 is 0 Å². The molecule has 4 aromatic rings. The third-order valence-corrected chi connectivity index (χ3v) is 4.23. The molecule has 0 aliphatic heterocycles. The summed E-state index contributed by atoms with van der Waals surface area (Å²) in [6.07, 6.45) is 0. The van der Waals surface area contributed by atoms with Gasteiger partial charge in [0.2, 0.25) is 0 Å². The van der Waals surface area contributed by atoms with E-state index < -0.39 is 0 Å². The maximum Gasteiger partial charge on any atom is 0.260 e. The number of amides is 1. The molecule has 4 nitrogen and oxygen atoms in total. The fraction of sp³-hybridized carbons (Fsp3) is 0.0952. The Balaban J connectivity index is 1.87. The van der Waals surface area contributed by atoms with Gasteiger partial charge in [0.25, 0.3) is 5.91 Å². The number of benzene rings is 3. The average Bonchev–Trinajstić information content (AvgIpc) is 2.67. The van der Waals surface area contributed by atoms with Crippen LogP contribution >= 0.6 is 0 Å². The molecule has 0 saturated heterocycles. The van der Waals surface area contributed by atoms with E-state index in [2.05, 4.69) is 4.98 Å². The number of rotatable bonds is 3. The summed E-state index contributed by atoms with van der Waals surface area (Å²) in [6.45, 7) is 2.55. The largest absolute Gasteiger partial charge is 0.309 e. The summed E-state index contributed by atoms with van der Waals surface area (Å²) < 4.78 is 0. The van der Waals surface area contributed by atoms with Crippen LogP contribution in [0, 0.1) is 0 Å². The Labute approximate surface area is 145 Å². The second-order valence-corrected chi connectivity index (χ2v) is 5.77. The molecule has 122 valence electrons. The zero-order valence-corrected chi connectivity index (χ0v) is 13.9. The molecule has 0 aliphatic rings. The van der Waals surface area contributed by atoms with Gasteiger partial charge in [-0.3, -0.25) is 4.79 Å². The molecule has 0 radical (unpaired) electrons. The molecular formula is C21H17N3O. The van der Waals surface area contributed by atoms with Crippen LogP contribution in [0.3, 0.4) is 0 Å². The van der Waals surface area contributed by atoms with E-state index >= 15 is 0 Å². The number of para-hydroxylation sites is 4. The van der Waals surface area contributed by atoms with Gasteiger partial charge in [0.1, 0.15) is 5.52 Å². The summed E-state index contributed by atoms with van der Waals surface area (Å²) in [6, 6.07) is 23.0. The van der Waals surface area contributed by atoms with Gasteiger partial charge < -0.3 is 4.90 Å². The second-order valence-electron chi connectivity index (χ2n) is 5.77. The van der Waals surface area contributed by atoms with Crippen molar-refractivity contribution in [2.24, 2.45) is 0 Å². The first-order valence-corrected chi connectivity index (χ1v) is 8.30. The molecular weight excluding hydrogens is 310 g/mol. The van der Waals surface area contributed by atoms with Crippen molar-refractivity contribution in [3.63, 3.8) is 0 Å². The lowest BCUT2D eigenvalue weighted by atomic mass is 10.1. The summed E-state index contributed by atoms with van der Waals surface area (Å²) in [5.74, 6) is -0.0659. The maximum absolute atomic E-state index is 13.2. The molecule has 4 rings (SSSR count). The summed E-state index contributed by atoms with van der Waals surface area (Å²) >= 11 is 0. The van der Waals surface area contributed by atoms with Crippen molar-refractivity contribution in [2.75, 3.05) is 11.4 Å². The van der Waals surface area contributed by atoms with Crippen LogP contribution in [0.4, 0.5) is 5.69 Å². The first kappa shape index (κ1) is 15.3. The Kier molecular flexibility index (Phi) is 3.86. The normalized spacial score (nSPS) is 10.9. The third-order valence-electron chi connectivity index (χ3n) is 4.23. The van der Waals surface area contributed by atoms with Crippen LogP contribution in [0.15, 0.2) is 72.8 Å². The Bertz CT molecular complexity index is 1060. The minimum absolute atomic E-state index is 0.0659. The minimum atomic E-state index is -0.0659. The van der Waals surface area contributed by atoms with Crippen molar-refractivity contribution in [1.29, 1.82) is 0 Å². The summed E-state index contributed by atoms with van der Waals surface area (Å²) in [5, 5.41) is 0. The highest BCUT2D eigenvalue weighted by Crippen LogP contribution is 2.23. The molecule has 0 unspecified atom stereocenters. The molecule has 0 N–H and O–H groups in total. The molecule has 1 aromatic heterocycles. The highest BCUT2D eigenvalue weighted by Gasteiger charge is 2.19. The molecule has 0 fully saturated rings. The number of aromatic nitrogens is 2. The van der Waals surface area contributed by atoms with Crippen LogP contribution in [0.25, 0.3) is 22.1 Å². The number of fused-ring (bicyclic) bond motifs is 2. The number of carbonyl (C=O) groups excluding carboxylic acids is 1. The maximum atomic E-state index is 13.2. The molecule has 0 bridgehead atoms. The van der Waals surface area contributed by atoms with Gasteiger partial charge in [-0.25, -0.2) is 9.97 Å². The molecule has 3 aromatic carbocycles. The predicted molar refractivity (Wildman–Crippen MR) is 101 cm³/mol. The molecule has 0 saturated carbocycles. The van der Waals surface area contributed by atoms with Crippen molar-refractivity contribution in [3.8, 4) is 0 Å². The van der Waals surface area contributed by atoms with Crippen LogP contribution in [-0.4, -0.2) is 22.4 Å². The molecule has 0 atom stereocenters. The molecule has 25 heavy (non-hydrogen) atoms. The van der Waals surface area contributed by atoms with Crippen molar-refractivity contribution in [3.05, 3.63) is 78.4 Å². The Morgan fingerprint density at radius 3 is 2.16 bits per heavy atom. The van der Waals surface area contributed by atoms with Crippen molar-refractivity contribution in [1.82, 2.24) is 9.97 Å². The highest BCUT2D eigenvalue weighted by atomic mass is 16.2. The van der Waals surface area contributed by atoms with Gasteiger partial charge in [0.05, 0.1) is 22.1 Å². The Morgan fingerprint density at radius 2 is 1.44 bits per heavy atom. The number of carbonyl (C=O) groups is 1. The zero-order chi connectivity index (χ0) is 17.2. The van der Waals surface area contributed by atoms with E-state index in [-0.39, 0.29) is 5.91 Å². The number of hydrogen-bond acceptors (Lipinski definition) is 3. The van der Waals surface area contributed by atoms with Crippen LogP contribution < -0.4 is 4.90 Å². The number of anilines is 1. The first-order chi connectivity index (χ1) is 12.3. The summed E-state index contributed by atoms with van der Waals surface area (Å²) in [4.78, 5) is 24.3. The van der Waals surface area contributed by atoms with E-state index in [4.69, 9.17) is 4.98 Å². The number of hydrogen-bond donors (Lipinski definition) is 0. The fourth-order valence-electron chi connectivity index (χ4n) is 3.01. The lowest BCUT2D eigenvalue weighted by Gasteiger charge is -2.21. The summed E-state index contributed by atoms with van der Waals surface area (Å²) in [7, 11) is 0. The van der Waals surface area contributed by atoms with Crippen LogP contribution in [0.2, 0.25) is 0 Å². The smallest absolute Gasteiger partial charge is 0.260 e. The number of nitrogens with zero attached hydrogens (tertiary/aromatic N) is 3. The topological polar surface area (TPSA) is 46.1 Å². The standard InChI is InChI=1S/C21H17N3O/c1-2-24(15-9-4-3-5-10-15)21(25)16-11-8-14-19-20(16)23-18-13-7-6-12-17(18)22-19/h3-14H,2H2,1H3. The van der Waals surface area contributed by atoms with Gasteiger partial charge in [0.15, 0.2) is 0 Å². The lowest BCUT2D eigenvalue weighted by molar-refractivity contribution is 0.0989. The van der Waals surface area contributed by atoms with Gasteiger partial charge in [-0.1, -0.05) is 36.4 Å². The van der Waals surface area contributed by atoms with Gasteiger partial charge in [-0.15, -0.1) is 0 Å². The highest BCUT2D eigenvalue weighted by molar-refractivity contribution is 6.13. The molecule has 1 amide bonds. The van der Waals surface area contributed by atoms with E-state index in [9.17, 15) is 4.79 Å². The lowest BCUT2D eigenvalue weighted by Crippen LogP contribution is -2.30. The van der Waals surface area contributed by atoms with Crippen molar-refractivity contribution in [2.45, 2.75) is 6.92 Å². The minimum Gasteiger partial charge on any atom is -0.309 e. The van der Waals surface area contributed by atoms with E-state index in [0.717, 1.165) is 22.2 Å². The quantitative estimate of drug-likeness (QED) is 0.522. The van der Waals surface area contributed by atoms with Crippen LogP contribution in [0.1, 0.15) is 17.3 Å². The van der Waals surface area contributed by atoms with E-state index in [1.807, 2.05) is 79.7 Å². The summed E-state index contributed by atoms with van der Waals surface area (Å²) in [5.41, 5.74) is 4.43. The molecule has 4 heteroatoms. The van der Waals surface area contributed by atoms with E-state index in [0.29, 0.717) is 17.6 Å². The van der Waals surface area contributed by atoms with Gasteiger partial charge in [-0.05, 0) is 43.3 Å². The van der Waals surface area contributed by atoms with Crippen molar-refractivity contribution >= 4 is 33.7 Å². The molecule has 0 spiro atoms. The van der Waals surface area contributed by atoms with Gasteiger partial charge in [-0.2, -0.15) is 0 Å². The Hall–Kier alpha value is -3.27. The van der Waals surface area contributed by atoms with E-state index in [1.165, 1.54) is 0 Å². The predicted octanol–water partition coefficient (Wildman–Crippen LogP) is 4.45. The third kappa shape index (κ3) is 2.72. The zero-order valence-electron chi connectivity index (χ0n) is 13.9. The van der Waals surface area contributed by atoms with E-state index in [1.54, 1.807) is 4.90 Å². The van der Waals surface area contributed by atoms with Crippen molar-refractivity contribution < 1.29 is 4.79 Å².